The summed E-state index contributed by atoms with van der Waals surface area (Å²) < 4.78 is 0. The molecule has 20 heavy (non-hydrogen) atoms. The maximum atomic E-state index is 6.04. The van der Waals surface area contributed by atoms with Crippen molar-refractivity contribution >= 4 is 29.0 Å². The minimum Gasteiger partial charge on any atom is -0.370 e. The summed E-state index contributed by atoms with van der Waals surface area (Å²) in [7, 11) is 0. The predicted molar refractivity (Wildman–Crippen MR) is 85.8 cm³/mol. The summed E-state index contributed by atoms with van der Waals surface area (Å²) in [5.41, 5.74) is 2.95. The van der Waals surface area contributed by atoms with Crippen LogP contribution >= 0.6 is 23.2 Å². The van der Waals surface area contributed by atoms with E-state index in [-0.39, 0.29) is 0 Å². The van der Waals surface area contributed by atoms with Gasteiger partial charge in [-0.3, -0.25) is 0 Å². The standard InChI is InChI=1S/C15H17Cl2N3/c1-4-13-9(3)19-14(20-15(13)18-5-2)10-6-11(16)8-12(17)7-10/h6-8H,4-5H2,1-3H3,(H,18,19,20). The van der Waals surface area contributed by atoms with Crippen molar-refractivity contribution in [1.29, 1.82) is 0 Å². The van der Waals surface area contributed by atoms with Gasteiger partial charge < -0.3 is 5.32 Å². The van der Waals surface area contributed by atoms with Crippen molar-refractivity contribution < 1.29 is 0 Å². The first-order valence-corrected chi connectivity index (χ1v) is 7.38. The summed E-state index contributed by atoms with van der Waals surface area (Å²) in [6.45, 7) is 6.96. The SMILES string of the molecule is CCNc1nc(-c2cc(Cl)cc(Cl)c2)nc(C)c1CC. The molecule has 0 bridgehead atoms. The number of hydrogen-bond donors (Lipinski definition) is 1. The molecule has 106 valence electrons. The van der Waals surface area contributed by atoms with Crippen LogP contribution in [0.3, 0.4) is 0 Å². The van der Waals surface area contributed by atoms with Crippen molar-refractivity contribution in [2.45, 2.75) is 27.2 Å². The molecule has 3 nitrogen and oxygen atoms in total. The third-order valence-electron chi connectivity index (χ3n) is 3.03. The second kappa shape index (κ2) is 6.42. The van der Waals surface area contributed by atoms with Crippen LogP contribution < -0.4 is 5.32 Å². The minimum absolute atomic E-state index is 0.582. The van der Waals surface area contributed by atoms with Crippen molar-refractivity contribution in [1.82, 2.24) is 9.97 Å². The lowest BCUT2D eigenvalue weighted by molar-refractivity contribution is 0.989. The molecular weight excluding hydrogens is 293 g/mol. The smallest absolute Gasteiger partial charge is 0.161 e. The van der Waals surface area contributed by atoms with Gasteiger partial charge in [0.05, 0.1) is 0 Å². The van der Waals surface area contributed by atoms with Gasteiger partial charge in [0, 0.05) is 33.4 Å². The van der Waals surface area contributed by atoms with Crippen LogP contribution in [0.25, 0.3) is 11.4 Å². The third kappa shape index (κ3) is 3.22. The molecule has 0 aliphatic rings. The predicted octanol–water partition coefficient (Wildman–Crippen LogP) is 4.75. The van der Waals surface area contributed by atoms with E-state index in [1.807, 2.05) is 26.0 Å². The van der Waals surface area contributed by atoms with Crippen molar-refractivity contribution in [3.8, 4) is 11.4 Å². The normalized spacial score (nSPS) is 10.7. The molecule has 1 aromatic carbocycles. The summed E-state index contributed by atoms with van der Waals surface area (Å²) in [6, 6.07) is 5.35. The quantitative estimate of drug-likeness (QED) is 0.885. The van der Waals surface area contributed by atoms with Crippen molar-refractivity contribution in [3.63, 3.8) is 0 Å². The number of anilines is 1. The van der Waals surface area contributed by atoms with E-state index in [1.165, 1.54) is 0 Å². The molecule has 1 heterocycles. The Balaban J connectivity index is 2.57. The second-order valence-electron chi connectivity index (χ2n) is 4.50. The lowest BCUT2D eigenvalue weighted by Gasteiger charge is -2.13. The molecule has 0 aliphatic heterocycles. The zero-order valence-electron chi connectivity index (χ0n) is 11.8. The van der Waals surface area contributed by atoms with Gasteiger partial charge in [0.25, 0.3) is 0 Å². The lowest BCUT2D eigenvalue weighted by atomic mass is 10.1. The zero-order valence-corrected chi connectivity index (χ0v) is 13.3. The Kier molecular flexibility index (Phi) is 4.84. The average molecular weight is 310 g/mol. The highest BCUT2D eigenvalue weighted by molar-refractivity contribution is 6.35. The van der Waals surface area contributed by atoms with Crippen LogP contribution in [0, 0.1) is 6.92 Å². The van der Waals surface area contributed by atoms with Crippen LogP contribution in [0.2, 0.25) is 10.0 Å². The topological polar surface area (TPSA) is 37.8 Å². The molecule has 0 saturated carbocycles. The number of benzene rings is 1. The summed E-state index contributed by atoms with van der Waals surface area (Å²) in [5.74, 6) is 1.52. The molecule has 1 aromatic heterocycles. The molecule has 0 fully saturated rings. The average Bonchev–Trinajstić information content (AvgIpc) is 2.37. The largest absolute Gasteiger partial charge is 0.370 e. The molecular formula is C15H17Cl2N3. The van der Waals surface area contributed by atoms with E-state index in [9.17, 15) is 0 Å². The monoisotopic (exact) mass is 309 g/mol. The van der Waals surface area contributed by atoms with Gasteiger partial charge in [-0.05, 0) is 38.5 Å². The van der Waals surface area contributed by atoms with Crippen molar-refractivity contribution in [3.05, 3.63) is 39.5 Å². The molecule has 2 rings (SSSR count). The summed E-state index contributed by atoms with van der Waals surface area (Å²) in [4.78, 5) is 9.18. The highest BCUT2D eigenvalue weighted by Crippen LogP contribution is 2.27. The van der Waals surface area contributed by atoms with Crippen LogP contribution in [0.5, 0.6) is 0 Å². The third-order valence-corrected chi connectivity index (χ3v) is 3.47. The number of nitrogens with one attached hydrogen (secondary N) is 1. The summed E-state index contributed by atoms with van der Waals surface area (Å²) >= 11 is 12.1. The van der Waals surface area contributed by atoms with Crippen molar-refractivity contribution in [2.75, 3.05) is 11.9 Å². The number of aryl methyl sites for hydroxylation is 1. The molecule has 2 aromatic rings. The first-order valence-electron chi connectivity index (χ1n) is 6.63. The van der Waals surface area contributed by atoms with Gasteiger partial charge in [0.1, 0.15) is 5.82 Å². The Morgan fingerprint density at radius 3 is 2.25 bits per heavy atom. The Morgan fingerprint density at radius 1 is 1.05 bits per heavy atom. The van der Waals surface area contributed by atoms with Crippen LogP contribution in [0.1, 0.15) is 25.1 Å². The molecule has 5 heteroatoms. The maximum absolute atomic E-state index is 6.04. The molecule has 0 radical (unpaired) electrons. The van der Waals surface area contributed by atoms with E-state index in [4.69, 9.17) is 23.2 Å². The molecule has 0 spiro atoms. The fourth-order valence-corrected chi connectivity index (χ4v) is 2.67. The molecule has 0 saturated heterocycles. The van der Waals surface area contributed by atoms with E-state index >= 15 is 0 Å². The summed E-state index contributed by atoms with van der Waals surface area (Å²) in [5, 5.41) is 4.45. The number of halogens is 2. The fraction of sp³-hybridized carbons (Fsp3) is 0.333. The Labute approximate surface area is 129 Å². The minimum atomic E-state index is 0.582. The van der Waals surface area contributed by atoms with E-state index in [1.54, 1.807) is 6.07 Å². The van der Waals surface area contributed by atoms with Gasteiger partial charge in [-0.15, -0.1) is 0 Å². The Hall–Kier alpha value is -1.32. The van der Waals surface area contributed by atoms with Gasteiger partial charge in [0.15, 0.2) is 5.82 Å². The number of rotatable bonds is 4. The van der Waals surface area contributed by atoms with E-state index < -0.39 is 0 Å². The Morgan fingerprint density at radius 2 is 1.70 bits per heavy atom. The van der Waals surface area contributed by atoms with Crippen molar-refractivity contribution in [2.24, 2.45) is 0 Å². The lowest BCUT2D eigenvalue weighted by Crippen LogP contribution is -2.08. The van der Waals surface area contributed by atoms with E-state index in [0.717, 1.165) is 35.6 Å². The fourth-order valence-electron chi connectivity index (χ4n) is 2.15. The Bertz CT molecular complexity index is 607. The second-order valence-corrected chi connectivity index (χ2v) is 5.37. The van der Waals surface area contributed by atoms with Crippen LogP contribution in [-0.4, -0.2) is 16.5 Å². The van der Waals surface area contributed by atoms with Gasteiger partial charge in [-0.25, -0.2) is 9.97 Å². The highest BCUT2D eigenvalue weighted by Gasteiger charge is 2.12. The first-order chi connectivity index (χ1) is 9.55. The molecule has 1 N–H and O–H groups in total. The van der Waals surface area contributed by atoms with E-state index in [2.05, 4.69) is 22.2 Å². The summed E-state index contributed by atoms with van der Waals surface area (Å²) in [6.07, 6.45) is 0.894. The highest BCUT2D eigenvalue weighted by atomic mass is 35.5. The zero-order chi connectivity index (χ0) is 14.7. The number of hydrogen-bond acceptors (Lipinski definition) is 3. The number of aromatic nitrogens is 2. The van der Waals surface area contributed by atoms with Gasteiger partial charge in [0.2, 0.25) is 0 Å². The van der Waals surface area contributed by atoms with Crippen LogP contribution in [0.4, 0.5) is 5.82 Å². The number of nitrogens with zero attached hydrogens (tertiary/aromatic N) is 2. The van der Waals surface area contributed by atoms with E-state index in [0.29, 0.717) is 15.9 Å². The maximum Gasteiger partial charge on any atom is 0.161 e. The van der Waals surface area contributed by atoms with Crippen LogP contribution in [-0.2, 0) is 6.42 Å². The van der Waals surface area contributed by atoms with Gasteiger partial charge in [-0.2, -0.15) is 0 Å². The molecule has 0 amide bonds. The van der Waals surface area contributed by atoms with Crippen LogP contribution in [0.15, 0.2) is 18.2 Å². The first kappa shape index (κ1) is 15.1. The van der Waals surface area contributed by atoms with Gasteiger partial charge in [-0.1, -0.05) is 30.1 Å². The molecule has 0 aliphatic carbocycles. The van der Waals surface area contributed by atoms with Gasteiger partial charge >= 0.3 is 0 Å². The molecule has 0 atom stereocenters. The molecule has 0 unspecified atom stereocenters.